The Kier molecular flexibility index (Phi) is 4.89. The van der Waals surface area contributed by atoms with Crippen LogP contribution in [0.25, 0.3) is 10.9 Å². The molecule has 1 atom stereocenters. The molecule has 0 bridgehead atoms. The van der Waals surface area contributed by atoms with Crippen LogP contribution in [-0.2, 0) is 21.5 Å². The summed E-state index contributed by atoms with van der Waals surface area (Å²) in [5, 5.41) is 14.3. The van der Waals surface area contributed by atoms with Gasteiger partial charge in [-0.1, -0.05) is 20.8 Å². The number of carbonyl (C=O) groups excluding carboxylic acids is 1. The Labute approximate surface area is 149 Å². The van der Waals surface area contributed by atoms with Gasteiger partial charge in [-0.3, -0.25) is 4.79 Å². The summed E-state index contributed by atoms with van der Waals surface area (Å²) in [6, 6.07) is 8.13. The number of aliphatic hydroxyl groups excluding tert-OH is 1. The second-order valence-corrected chi connectivity index (χ2v) is 8.04. The fourth-order valence-corrected chi connectivity index (χ4v) is 3.21. The third kappa shape index (κ3) is 4.05. The van der Waals surface area contributed by atoms with Crippen molar-refractivity contribution in [1.29, 1.82) is 0 Å². The van der Waals surface area contributed by atoms with Gasteiger partial charge in [0.05, 0.1) is 19.3 Å². The van der Waals surface area contributed by atoms with Crippen molar-refractivity contribution < 1.29 is 14.6 Å². The number of aromatic nitrogens is 1. The number of benzene rings is 1. The number of amides is 1. The van der Waals surface area contributed by atoms with Crippen LogP contribution < -0.4 is 5.32 Å². The summed E-state index contributed by atoms with van der Waals surface area (Å²) in [6.07, 6.45) is 1.43. The average Bonchev–Trinajstić information content (AvgIpc) is 3.30. The van der Waals surface area contributed by atoms with Gasteiger partial charge in [0.1, 0.15) is 0 Å². The summed E-state index contributed by atoms with van der Waals surface area (Å²) < 4.78 is 7.23. The third-order valence-electron chi connectivity index (χ3n) is 4.64. The molecule has 1 aromatic carbocycles. The van der Waals surface area contributed by atoms with Gasteiger partial charge in [0, 0.05) is 40.7 Å². The van der Waals surface area contributed by atoms with Crippen molar-refractivity contribution in [3.05, 3.63) is 30.0 Å². The lowest BCUT2D eigenvalue weighted by molar-refractivity contribution is -0.117. The maximum absolute atomic E-state index is 12.0. The van der Waals surface area contributed by atoms with E-state index in [1.54, 1.807) is 7.11 Å². The number of nitrogens with one attached hydrogen (secondary N) is 1. The quantitative estimate of drug-likeness (QED) is 0.845. The van der Waals surface area contributed by atoms with Gasteiger partial charge in [0.15, 0.2) is 0 Å². The van der Waals surface area contributed by atoms with E-state index < -0.39 is 6.10 Å². The molecule has 1 aliphatic carbocycles. The molecule has 1 fully saturated rings. The van der Waals surface area contributed by atoms with Crippen molar-refractivity contribution in [2.45, 2.75) is 51.7 Å². The highest BCUT2D eigenvalue weighted by Gasteiger charge is 2.29. The number of hydrogen-bond acceptors (Lipinski definition) is 3. The fraction of sp³-hybridized carbons (Fsp3) is 0.550. The maximum Gasteiger partial charge on any atom is 0.227 e. The topological polar surface area (TPSA) is 63.5 Å². The van der Waals surface area contributed by atoms with Crippen LogP contribution in [-0.4, -0.2) is 35.4 Å². The molecule has 0 radical (unpaired) electrons. The molecule has 25 heavy (non-hydrogen) atoms. The molecule has 136 valence electrons. The summed E-state index contributed by atoms with van der Waals surface area (Å²) in [6.45, 7) is 7.28. The Hall–Kier alpha value is -1.85. The molecule has 5 nitrogen and oxygen atoms in total. The molecule has 1 saturated carbocycles. The Morgan fingerprint density at radius 1 is 1.36 bits per heavy atom. The zero-order valence-corrected chi connectivity index (χ0v) is 15.5. The smallest absolute Gasteiger partial charge is 0.227 e. The molecule has 3 rings (SSSR count). The zero-order chi connectivity index (χ0) is 18.2. The molecule has 1 aliphatic rings. The molecule has 2 aromatic rings. The van der Waals surface area contributed by atoms with Gasteiger partial charge in [-0.05, 0) is 37.1 Å². The average molecular weight is 344 g/mol. The number of methoxy groups -OCH3 is 1. The first-order chi connectivity index (χ1) is 11.8. The highest BCUT2D eigenvalue weighted by atomic mass is 16.5. The van der Waals surface area contributed by atoms with Crippen molar-refractivity contribution in [3.63, 3.8) is 0 Å². The third-order valence-corrected chi connectivity index (χ3v) is 4.64. The molecular weight excluding hydrogens is 316 g/mol. The van der Waals surface area contributed by atoms with E-state index in [9.17, 15) is 9.90 Å². The van der Waals surface area contributed by atoms with Crippen LogP contribution in [0.1, 0.15) is 39.3 Å². The first-order valence-corrected chi connectivity index (χ1v) is 8.91. The minimum atomic E-state index is -0.559. The number of hydrogen-bond donors (Lipinski definition) is 2. The normalized spacial score (nSPS) is 16.2. The SMILES string of the molecule is COCC(O)Cn1c(C(C)(C)C)cc2cc(NC(=O)C3CC3)ccc21. The number of fused-ring (bicyclic) bond motifs is 1. The van der Waals surface area contributed by atoms with E-state index >= 15 is 0 Å². The van der Waals surface area contributed by atoms with E-state index in [2.05, 4.69) is 36.7 Å². The number of carbonyl (C=O) groups is 1. The van der Waals surface area contributed by atoms with Gasteiger partial charge < -0.3 is 19.7 Å². The molecule has 5 heteroatoms. The second-order valence-electron chi connectivity index (χ2n) is 8.04. The highest BCUT2D eigenvalue weighted by molar-refractivity contribution is 5.96. The fourth-order valence-electron chi connectivity index (χ4n) is 3.21. The number of nitrogens with zero attached hydrogens (tertiary/aromatic N) is 1. The number of ether oxygens (including phenoxy) is 1. The summed E-state index contributed by atoms with van der Waals surface area (Å²) in [4.78, 5) is 12.0. The van der Waals surface area contributed by atoms with E-state index in [-0.39, 0.29) is 17.2 Å². The van der Waals surface area contributed by atoms with Crippen LogP contribution in [0.5, 0.6) is 0 Å². The molecule has 1 heterocycles. The van der Waals surface area contributed by atoms with Crippen molar-refractivity contribution >= 4 is 22.5 Å². The Morgan fingerprint density at radius 3 is 2.68 bits per heavy atom. The summed E-state index contributed by atoms with van der Waals surface area (Å²) >= 11 is 0. The molecule has 0 saturated heterocycles. The monoisotopic (exact) mass is 344 g/mol. The lowest BCUT2D eigenvalue weighted by Crippen LogP contribution is -2.25. The number of anilines is 1. The van der Waals surface area contributed by atoms with Crippen LogP contribution in [0.4, 0.5) is 5.69 Å². The van der Waals surface area contributed by atoms with Gasteiger partial charge in [-0.25, -0.2) is 0 Å². The van der Waals surface area contributed by atoms with Crippen molar-refractivity contribution in [2.24, 2.45) is 5.92 Å². The molecule has 1 aromatic heterocycles. The highest BCUT2D eigenvalue weighted by Crippen LogP contribution is 2.33. The maximum atomic E-state index is 12.0. The van der Waals surface area contributed by atoms with Gasteiger partial charge in [-0.2, -0.15) is 0 Å². The minimum Gasteiger partial charge on any atom is -0.389 e. The van der Waals surface area contributed by atoms with Crippen LogP contribution >= 0.6 is 0 Å². The summed E-state index contributed by atoms with van der Waals surface area (Å²) in [7, 11) is 1.59. The van der Waals surface area contributed by atoms with Crippen molar-refractivity contribution in [1.82, 2.24) is 4.57 Å². The molecular formula is C20H28N2O3. The second kappa shape index (κ2) is 6.81. The minimum absolute atomic E-state index is 0.0523. The predicted molar refractivity (Wildman–Crippen MR) is 99.9 cm³/mol. The summed E-state index contributed by atoms with van der Waals surface area (Å²) in [5.74, 6) is 0.306. The Morgan fingerprint density at radius 2 is 2.08 bits per heavy atom. The van der Waals surface area contributed by atoms with Gasteiger partial charge in [0.2, 0.25) is 5.91 Å². The van der Waals surface area contributed by atoms with E-state index in [0.717, 1.165) is 35.1 Å². The van der Waals surface area contributed by atoms with Crippen molar-refractivity contribution in [2.75, 3.05) is 19.0 Å². The van der Waals surface area contributed by atoms with Gasteiger partial charge in [-0.15, -0.1) is 0 Å². The number of aliphatic hydroxyl groups is 1. The largest absolute Gasteiger partial charge is 0.389 e. The zero-order valence-electron chi connectivity index (χ0n) is 15.5. The van der Waals surface area contributed by atoms with Gasteiger partial charge >= 0.3 is 0 Å². The van der Waals surface area contributed by atoms with Crippen LogP contribution in [0.2, 0.25) is 0 Å². The van der Waals surface area contributed by atoms with Crippen LogP contribution in [0.3, 0.4) is 0 Å². The van der Waals surface area contributed by atoms with Crippen molar-refractivity contribution in [3.8, 4) is 0 Å². The first-order valence-electron chi connectivity index (χ1n) is 8.91. The first kappa shape index (κ1) is 18.0. The van der Waals surface area contributed by atoms with E-state index in [0.29, 0.717) is 13.2 Å². The lowest BCUT2D eigenvalue weighted by atomic mass is 9.92. The molecule has 1 amide bonds. The summed E-state index contributed by atoms with van der Waals surface area (Å²) in [5.41, 5.74) is 3.00. The lowest BCUT2D eigenvalue weighted by Gasteiger charge is -2.23. The Bertz CT molecular complexity index is 769. The van der Waals surface area contributed by atoms with Gasteiger partial charge in [0.25, 0.3) is 0 Å². The van der Waals surface area contributed by atoms with E-state index in [4.69, 9.17) is 4.74 Å². The van der Waals surface area contributed by atoms with Crippen LogP contribution in [0.15, 0.2) is 24.3 Å². The Balaban J connectivity index is 1.95. The molecule has 1 unspecified atom stereocenters. The molecule has 0 spiro atoms. The predicted octanol–water partition coefficient (Wildman–Crippen LogP) is 3.29. The molecule has 0 aliphatic heterocycles. The standard InChI is InChI=1S/C20H28N2O3/c1-20(2,3)18-10-14-9-15(21-19(24)13-5-6-13)7-8-17(14)22(18)11-16(23)12-25-4/h7-10,13,16,23H,5-6,11-12H2,1-4H3,(H,21,24). The number of rotatable bonds is 6. The van der Waals surface area contributed by atoms with Crippen LogP contribution in [0, 0.1) is 5.92 Å². The molecule has 2 N–H and O–H groups in total. The van der Waals surface area contributed by atoms with E-state index in [1.807, 2.05) is 18.2 Å². The van der Waals surface area contributed by atoms with E-state index in [1.165, 1.54) is 0 Å².